The molecule has 0 aliphatic carbocycles. The number of anilines is 1. The smallest absolute Gasteiger partial charge is 0.174 e. The Morgan fingerprint density at radius 3 is 2.59 bits per heavy atom. The second-order valence-electron chi connectivity index (χ2n) is 7.86. The molecule has 5 rings (SSSR count). The molecule has 2 aromatic heterocycles. The molecule has 1 N–H and O–H groups in total. The summed E-state index contributed by atoms with van der Waals surface area (Å²) in [7, 11) is 1.66. The van der Waals surface area contributed by atoms with Crippen molar-refractivity contribution in [3.8, 4) is 22.8 Å². The number of thiocarbonyl (C=S) groups is 1. The van der Waals surface area contributed by atoms with Crippen molar-refractivity contribution in [2.45, 2.75) is 19.0 Å². The van der Waals surface area contributed by atoms with E-state index in [1.54, 1.807) is 13.3 Å². The Balaban J connectivity index is 1.55. The topological polar surface area (TPSA) is 59.8 Å². The molecular weight excluding hydrogens is 446 g/mol. The van der Waals surface area contributed by atoms with Crippen molar-refractivity contribution in [1.29, 1.82) is 0 Å². The highest BCUT2D eigenvalue weighted by Gasteiger charge is 2.42. The lowest BCUT2D eigenvalue weighted by molar-refractivity contribution is 0.340. The first-order chi connectivity index (χ1) is 16.7. The molecule has 6 nitrogen and oxygen atoms in total. The van der Waals surface area contributed by atoms with Gasteiger partial charge < -0.3 is 24.1 Å². The van der Waals surface area contributed by atoms with Crippen LogP contribution >= 0.6 is 12.2 Å². The van der Waals surface area contributed by atoms with Crippen LogP contribution in [0, 0.1) is 0 Å². The van der Waals surface area contributed by atoms with E-state index in [1.807, 2.05) is 85.8 Å². The fourth-order valence-electron chi connectivity index (χ4n) is 4.23. The molecule has 0 radical (unpaired) electrons. The summed E-state index contributed by atoms with van der Waals surface area (Å²) in [6.45, 7) is 2.60. The molecule has 34 heavy (non-hydrogen) atoms. The van der Waals surface area contributed by atoms with Crippen molar-refractivity contribution in [3.63, 3.8) is 0 Å². The van der Waals surface area contributed by atoms with Gasteiger partial charge in [-0.25, -0.2) is 0 Å². The Labute approximate surface area is 204 Å². The molecule has 0 unspecified atom stereocenters. The second kappa shape index (κ2) is 9.57. The summed E-state index contributed by atoms with van der Waals surface area (Å²) in [6.07, 6.45) is 1.79. The number of hydrogen-bond acceptors (Lipinski definition) is 5. The number of nitrogens with zero attached hydrogens (tertiary/aromatic N) is 2. The molecule has 1 saturated heterocycles. The third-order valence-electron chi connectivity index (χ3n) is 5.80. The zero-order chi connectivity index (χ0) is 23.5. The van der Waals surface area contributed by atoms with Gasteiger partial charge in [0, 0.05) is 23.5 Å². The summed E-state index contributed by atoms with van der Waals surface area (Å²) in [5.41, 5.74) is 2.78. The third kappa shape index (κ3) is 4.22. The Hall–Kier alpha value is -3.84. The number of pyridine rings is 1. The molecular formula is C27H25N3O3S. The summed E-state index contributed by atoms with van der Waals surface area (Å²) in [5.74, 6) is 3.16. The highest BCUT2D eigenvalue weighted by molar-refractivity contribution is 7.80. The van der Waals surface area contributed by atoms with Crippen molar-refractivity contribution < 1.29 is 13.9 Å². The Kier molecular flexibility index (Phi) is 6.18. The van der Waals surface area contributed by atoms with E-state index in [4.69, 9.17) is 26.1 Å². The molecule has 0 bridgehead atoms. The zero-order valence-electron chi connectivity index (χ0n) is 19.0. The molecule has 172 valence electrons. The monoisotopic (exact) mass is 471 g/mol. The van der Waals surface area contributed by atoms with Gasteiger partial charge in [-0.3, -0.25) is 4.98 Å². The van der Waals surface area contributed by atoms with Crippen molar-refractivity contribution in [1.82, 2.24) is 10.3 Å². The van der Waals surface area contributed by atoms with E-state index in [0.717, 1.165) is 40.0 Å². The molecule has 3 heterocycles. The van der Waals surface area contributed by atoms with E-state index in [0.29, 0.717) is 11.7 Å². The number of nitrogens with one attached hydrogen (secondary N) is 1. The van der Waals surface area contributed by atoms with Gasteiger partial charge in [0.25, 0.3) is 0 Å². The summed E-state index contributed by atoms with van der Waals surface area (Å²) in [4.78, 5) is 6.66. The molecule has 0 spiro atoms. The van der Waals surface area contributed by atoms with E-state index < -0.39 is 0 Å². The maximum absolute atomic E-state index is 6.42. The standard InChI is InChI=1S/C27H25N3O3S/c1-3-32-20-12-10-18(11-13-20)23-14-15-24(33-23)26-25(22-9-4-5-16-28-22)29-27(34)30(26)19-7-6-8-21(17-19)31-2/h4-17,25-26H,3H2,1-2H3,(H,29,34)/t25-,26-/m0/s1. The van der Waals surface area contributed by atoms with E-state index in [-0.39, 0.29) is 12.1 Å². The molecule has 0 amide bonds. The van der Waals surface area contributed by atoms with Crippen molar-refractivity contribution in [2.24, 2.45) is 0 Å². The van der Waals surface area contributed by atoms with Crippen LogP contribution in [0.4, 0.5) is 5.69 Å². The number of furan rings is 1. The Morgan fingerprint density at radius 1 is 1.00 bits per heavy atom. The van der Waals surface area contributed by atoms with Crippen LogP contribution in [0.2, 0.25) is 0 Å². The quantitative estimate of drug-likeness (QED) is 0.335. The van der Waals surface area contributed by atoms with Crippen LogP contribution in [-0.2, 0) is 0 Å². The highest BCUT2D eigenvalue weighted by atomic mass is 32.1. The zero-order valence-corrected chi connectivity index (χ0v) is 19.8. The Morgan fingerprint density at radius 2 is 1.85 bits per heavy atom. The van der Waals surface area contributed by atoms with Crippen LogP contribution in [0.25, 0.3) is 11.3 Å². The number of methoxy groups -OCH3 is 1. The molecule has 1 fully saturated rings. The van der Waals surface area contributed by atoms with Gasteiger partial charge in [-0.2, -0.15) is 0 Å². The molecule has 1 aliphatic heterocycles. The second-order valence-corrected chi connectivity index (χ2v) is 8.24. The van der Waals surface area contributed by atoms with Crippen LogP contribution in [-0.4, -0.2) is 23.8 Å². The summed E-state index contributed by atoms with van der Waals surface area (Å²) in [6, 6.07) is 25.2. The fraction of sp³-hybridized carbons (Fsp3) is 0.185. The maximum Gasteiger partial charge on any atom is 0.174 e. The van der Waals surface area contributed by atoms with Crippen molar-refractivity contribution in [2.75, 3.05) is 18.6 Å². The van der Waals surface area contributed by atoms with E-state index in [9.17, 15) is 0 Å². The van der Waals surface area contributed by atoms with Crippen molar-refractivity contribution in [3.05, 3.63) is 96.5 Å². The SMILES string of the molecule is CCOc1ccc(-c2ccc([C@H]3[C@H](c4ccccn4)NC(=S)N3c3cccc(OC)c3)o2)cc1. The van der Waals surface area contributed by atoms with E-state index >= 15 is 0 Å². The van der Waals surface area contributed by atoms with Crippen molar-refractivity contribution >= 4 is 23.0 Å². The van der Waals surface area contributed by atoms with Crippen LogP contribution in [0.5, 0.6) is 11.5 Å². The lowest BCUT2D eigenvalue weighted by atomic mass is 10.0. The first-order valence-electron chi connectivity index (χ1n) is 11.2. The van der Waals surface area contributed by atoms with Gasteiger partial charge in [0.05, 0.1) is 25.5 Å². The van der Waals surface area contributed by atoms with E-state index in [1.165, 1.54) is 0 Å². The molecule has 0 saturated carbocycles. The molecule has 2 aromatic carbocycles. The largest absolute Gasteiger partial charge is 0.497 e. The van der Waals surface area contributed by atoms with Gasteiger partial charge in [0.1, 0.15) is 29.1 Å². The first kappa shape index (κ1) is 22.0. The summed E-state index contributed by atoms with van der Waals surface area (Å²) < 4.78 is 17.4. The Bertz CT molecular complexity index is 1270. The minimum atomic E-state index is -0.231. The van der Waals surface area contributed by atoms with Crippen LogP contribution < -0.4 is 19.7 Å². The minimum Gasteiger partial charge on any atom is -0.497 e. The third-order valence-corrected chi connectivity index (χ3v) is 6.11. The number of benzene rings is 2. The van der Waals surface area contributed by atoms with Crippen LogP contribution in [0.15, 0.2) is 89.5 Å². The number of ether oxygens (including phenoxy) is 2. The molecule has 1 aliphatic rings. The summed E-state index contributed by atoms with van der Waals surface area (Å²) in [5, 5.41) is 4.06. The lowest BCUT2D eigenvalue weighted by Gasteiger charge is -2.26. The maximum atomic E-state index is 6.42. The van der Waals surface area contributed by atoms with E-state index in [2.05, 4.69) is 15.2 Å². The molecule has 2 atom stereocenters. The predicted octanol–water partition coefficient (Wildman–Crippen LogP) is 5.93. The number of aromatic nitrogens is 1. The van der Waals surface area contributed by atoms with Gasteiger partial charge in [0.15, 0.2) is 5.11 Å². The highest BCUT2D eigenvalue weighted by Crippen LogP contribution is 2.43. The van der Waals surface area contributed by atoms with Crippen LogP contribution in [0.3, 0.4) is 0 Å². The minimum absolute atomic E-state index is 0.181. The van der Waals surface area contributed by atoms with Gasteiger partial charge in [-0.05, 0) is 79.8 Å². The van der Waals surface area contributed by atoms with Gasteiger partial charge >= 0.3 is 0 Å². The normalized spacial score (nSPS) is 17.5. The molecule has 7 heteroatoms. The predicted molar refractivity (Wildman–Crippen MR) is 136 cm³/mol. The summed E-state index contributed by atoms with van der Waals surface area (Å²) >= 11 is 5.79. The molecule has 4 aromatic rings. The van der Waals surface area contributed by atoms with Gasteiger partial charge in [0.2, 0.25) is 0 Å². The van der Waals surface area contributed by atoms with Gasteiger partial charge in [-0.1, -0.05) is 12.1 Å². The average Bonchev–Trinajstić information content (AvgIpc) is 3.50. The van der Waals surface area contributed by atoms with Gasteiger partial charge in [-0.15, -0.1) is 0 Å². The van der Waals surface area contributed by atoms with Crippen LogP contribution in [0.1, 0.15) is 30.5 Å². The fourth-order valence-corrected chi connectivity index (χ4v) is 4.58. The number of rotatable bonds is 7. The lowest BCUT2D eigenvalue weighted by Crippen LogP contribution is -2.29. The first-order valence-corrected chi connectivity index (χ1v) is 11.6. The average molecular weight is 472 g/mol. The number of hydrogen-bond donors (Lipinski definition) is 1.